The molecule has 0 aliphatic carbocycles. The average molecular weight is 975 g/mol. The summed E-state index contributed by atoms with van der Waals surface area (Å²) in [6.07, 6.45) is 10.2. The molecular weight excluding hydrogens is 897 g/mol. The van der Waals surface area contributed by atoms with Crippen molar-refractivity contribution in [3.63, 3.8) is 0 Å². The highest BCUT2D eigenvalue weighted by Crippen LogP contribution is 2.39. The standard InChI is InChI=1S/C32H25N.C24H24O.C10H14.C2H6.C2H4.CH5N/c1-22-11-6-7-16-27(22)28-19-20-30-29-17-8-9-18-31(29)33(32(30)23(28)2)26-15-10-14-25(21-26)24-12-4-3-5-13-24;1-2-3-4-6-9-18-12-14-21-22-17-20(19-10-7-5-8-11-19)13-15-23(22)25-24(21)16-18;1-2-3-7-10-8-5-4-6-9-10;3*1-2/h3-21H,1-2H3;5,7-8,10-17H,2-4,6,9H2,1H3;4-6,8-9H,2-3,7H2,1H3;1-2H3;1-2H2;2H2,1H3. The second-order valence-corrected chi connectivity index (χ2v) is 18.1. The zero-order chi connectivity index (χ0) is 52.7. The first-order valence-corrected chi connectivity index (χ1v) is 26.9. The summed E-state index contributed by atoms with van der Waals surface area (Å²) in [7, 11) is 1.50. The Hall–Kier alpha value is -7.72. The van der Waals surface area contributed by atoms with Gasteiger partial charge in [-0.05, 0) is 139 Å². The lowest BCUT2D eigenvalue weighted by atomic mass is 9.95. The van der Waals surface area contributed by atoms with Gasteiger partial charge in [-0.25, -0.2) is 0 Å². The van der Waals surface area contributed by atoms with Crippen molar-refractivity contribution in [3.8, 4) is 39.1 Å². The summed E-state index contributed by atoms with van der Waals surface area (Å²) in [6, 6.07) is 75.9. The number of aromatic nitrogens is 1. The molecular formula is C71H78N2O. The van der Waals surface area contributed by atoms with Crippen molar-refractivity contribution in [1.29, 1.82) is 0 Å². The smallest absolute Gasteiger partial charge is 0.135 e. The van der Waals surface area contributed by atoms with Crippen LogP contribution in [0.3, 0.4) is 0 Å². The van der Waals surface area contributed by atoms with E-state index >= 15 is 0 Å². The number of hydrogen-bond donors (Lipinski definition) is 1. The Bertz CT molecular complexity index is 3400. The van der Waals surface area contributed by atoms with Crippen LogP contribution in [0.5, 0.6) is 0 Å². The third-order valence-electron chi connectivity index (χ3n) is 13.4. The summed E-state index contributed by atoms with van der Waals surface area (Å²) in [4.78, 5) is 0. The fraction of sp³-hybridized carbons (Fsp3) is 0.211. The summed E-state index contributed by atoms with van der Waals surface area (Å²) in [5.74, 6) is 0. The molecule has 11 rings (SSSR count). The monoisotopic (exact) mass is 975 g/mol. The molecule has 0 amide bonds. The highest BCUT2D eigenvalue weighted by molar-refractivity contribution is 6.12. The first kappa shape index (κ1) is 55.6. The molecule has 2 heterocycles. The third-order valence-corrected chi connectivity index (χ3v) is 13.4. The highest BCUT2D eigenvalue weighted by Gasteiger charge is 2.18. The lowest BCUT2D eigenvalue weighted by Crippen LogP contribution is -1.97. The van der Waals surface area contributed by atoms with E-state index in [4.69, 9.17) is 4.42 Å². The zero-order valence-corrected chi connectivity index (χ0v) is 45.2. The van der Waals surface area contributed by atoms with E-state index in [2.05, 4.69) is 263 Å². The SMILES string of the molecule is C=C.CC.CCCCCCc1ccc2c(c1)oc1ccc(-c3ccccc3)cc12.CCCCc1ccccc1.CN.Cc1ccccc1-c1ccc2c3ccccc3n(-c3cccc(-c4ccccc4)c3)c2c1C. The van der Waals surface area contributed by atoms with Crippen molar-refractivity contribution in [3.05, 3.63) is 248 Å². The van der Waals surface area contributed by atoms with E-state index in [0.717, 1.165) is 17.6 Å². The molecule has 0 aliphatic heterocycles. The number of fused-ring (bicyclic) bond motifs is 6. The van der Waals surface area contributed by atoms with E-state index in [1.54, 1.807) is 0 Å². The minimum Gasteiger partial charge on any atom is -0.456 e. The van der Waals surface area contributed by atoms with E-state index in [1.807, 2.05) is 13.8 Å². The van der Waals surface area contributed by atoms with Gasteiger partial charge in [0.2, 0.25) is 0 Å². The van der Waals surface area contributed by atoms with Crippen LogP contribution in [0.4, 0.5) is 0 Å². The molecule has 0 radical (unpaired) electrons. The average Bonchev–Trinajstić information content (AvgIpc) is 4.02. The Morgan fingerprint density at radius 1 is 0.419 bits per heavy atom. The van der Waals surface area contributed by atoms with Gasteiger partial charge in [-0.3, -0.25) is 0 Å². The number of hydrogen-bond acceptors (Lipinski definition) is 2. The van der Waals surface area contributed by atoms with Crippen LogP contribution in [0.2, 0.25) is 0 Å². The molecule has 3 nitrogen and oxygen atoms in total. The quantitative estimate of drug-likeness (QED) is 0.0979. The topological polar surface area (TPSA) is 44.1 Å². The Balaban J connectivity index is 0.000000191. The Morgan fingerprint density at radius 2 is 1.00 bits per heavy atom. The molecule has 0 atom stereocenters. The van der Waals surface area contributed by atoms with Gasteiger partial charge in [0.15, 0.2) is 0 Å². The van der Waals surface area contributed by atoms with Gasteiger partial charge in [0.25, 0.3) is 0 Å². The first-order chi connectivity index (χ1) is 36.5. The van der Waals surface area contributed by atoms with E-state index in [-0.39, 0.29) is 0 Å². The molecule has 0 unspecified atom stereocenters. The van der Waals surface area contributed by atoms with Gasteiger partial charge >= 0.3 is 0 Å². The molecule has 0 bridgehead atoms. The van der Waals surface area contributed by atoms with Gasteiger partial charge in [0, 0.05) is 27.2 Å². The van der Waals surface area contributed by atoms with Crippen LogP contribution in [0.1, 0.15) is 88.5 Å². The number of nitrogens with two attached hydrogens (primary N) is 1. The van der Waals surface area contributed by atoms with Crippen molar-refractivity contribution >= 4 is 43.7 Å². The molecule has 74 heavy (non-hydrogen) atoms. The molecule has 2 N–H and O–H groups in total. The number of aryl methyl sites for hydroxylation is 4. The molecule has 0 saturated heterocycles. The number of rotatable bonds is 12. The Labute approximate surface area is 443 Å². The zero-order valence-electron chi connectivity index (χ0n) is 45.2. The molecule has 0 spiro atoms. The Morgan fingerprint density at radius 3 is 1.68 bits per heavy atom. The number of para-hydroxylation sites is 1. The molecule has 0 aliphatic rings. The normalized spacial score (nSPS) is 10.4. The molecule has 0 saturated carbocycles. The summed E-state index contributed by atoms with van der Waals surface area (Å²) < 4.78 is 8.55. The van der Waals surface area contributed by atoms with Crippen LogP contribution < -0.4 is 5.73 Å². The molecule has 9 aromatic carbocycles. The summed E-state index contributed by atoms with van der Waals surface area (Å²) in [5, 5.41) is 5.00. The summed E-state index contributed by atoms with van der Waals surface area (Å²) in [5.41, 5.74) is 23.2. The first-order valence-electron chi connectivity index (χ1n) is 26.9. The second-order valence-electron chi connectivity index (χ2n) is 18.1. The number of furan rings is 1. The minimum absolute atomic E-state index is 0.970. The largest absolute Gasteiger partial charge is 0.456 e. The summed E-state index contributed by atoms with van der Waals surface area (Å²) in [6.45, 7) is 18.9. The van der Waals surface area contributed by atoms with Crippen LogP contribution in [0.15, 0.2) is 230 Å². The Kier molecular flexibility index (Phi) is 21.9. The van der Waals surface area contributed by atoms with Crippen molar-refractivity contribution in [2.75, 3.05) is 7.05 Å². The van der Waals surface area contributed by atoms with Crippen molar-refractivity contribution < 1.29 is 4.42 Å². The van der Waals surface area contributed by atoms with Crippen LogP contribution in [0, 0.1) is 13.8 Å². The van der Waals surface area contributed by atoms with Crippen LogP contribution in [-0.2, 0) is 12.8 Å². The number of unbranched alkanes of at least 4 members (excludes halogenated alkanes) is 4. The lowest BCUT2D eigenvalue weighted by Gasteiger charge is -2.15. The van der Waals surface area contributed by atoms with E-state index < -0.39 is 0 Å². The highest BCUT2D eigenvalue weighted by atomic mass is 16.3. The predicted octanol–water partition coefficient (Wildman–Crippen LogP) is 20.5. The van der Waals surface area contributed by atoms with Crippen LogP contribution >= 0.6 is 0 Å². The van der Waals surface area contributed by atoms with Crippen molar-refractivity contribution in [1.82, 2.24) is 4.57 Å². The van der Waals surface area contributed by atoms with Gasteiger partial charge in [-0.2, -0.15) is 0 Å². The van der Waals surface area contributed by atoms with Gasteiger partial charge in [-0.1, -0.05) is 229 Å². The van der Waals surface area contributed by atoms with Gasteiger partial charge in [0.1, 0.15) is 11.2 Å². The van der Waals surface area contributed by atoms with E-state index in [9.17, 15) is 0 Å². The predicted molar refractivity (Wildman–Crippen MR) is 326 cm³/mol. The van der Waals surface area contributed by atoms with E-state index in [1.165, 1.54) is 146 Å². The maximum Gasteiger partial charge on any atom is 0.135 e. The lowest BCUT2D eigenvalue weighted by molar-refractivity contribution is 0.659. The van der Waals surface area contributed by atoms with Gasteiger partial charge in [0.05, 0.1) is 11.0 Å². The fourth-order valence-electron chi connectivity index (χ4n) is 9.68. The second kappa shape index (κ2) is 29.1. The third kappa shape index (κ3) is 13.7. The van der Waals surface area contributed by atoms with Crippen molar-refractivity contribution in [2.45, 2.75) is 92.9 Å². The van der Waals surface area contributed by atoms with Crippen LogP contribution in [-0.4, -0.2) is 11.6 Å². The number of nitrogens with zero attached hydrogens (tertiary/aromatic N) is 1. The maximum absolute atomic E-state index is 6.11. The fourth-order valence-corrected chi connectivity index (χ4v) is 9.68. The minimum atomic E-state index is 0.970. The van der Waals surface area contributed by atoms with Gasteiger partial charge < -0.3 is 14.7 Å². The van der Waals surface area contributed by atoms with Gasteiger partial charge in [-0.15, -0.1) is 13.2 Å². The maximum atomic E-state index is 6.11. The molecule has 2 aromatic heterocycles. The molecule has 378 valence electrons. The number of benzene rings is 9. The summed E-state index contributed by atoms with van der Waals surface area (Å²) >= 11 is 0. The molecule has 11 aromatic rings. The van der Waals surface area contributed by atoms with E-state index in [0.29, 0.717) is 0 Å². The van der Waals surface area contributed by atoms with Crippen molar-refractivity contribution in [2.24, 2.45) is 5.73 Å². The molecule has 3 heteroatoms. The molecule has 0 fully saturated rings. The van der Waals surface area contributed by atoms with Crippen LogP contribution in [0.25, 0.3) is 82.8 Å².